The number of amides is 2. The van der Waals surface area contributed by atoms with E-state index in [9.17, 15) is 18.4 Å². The summed E-state index contributed by atoms with van der Waals surface area (Å²) in [6, 6.07) is 19.6. The van der Waals surface area contributed by atoms with Crippen molar-refractivity contribution in [3.05, 3.63) is 107 Å². The maximum atomic E-state index is 13.9. The van der Waals surface area contributed by atoms with Crippen LogP contribution in [0.4, 0.5) is 8.78 Å². The van der Waals surface area contributed by atoms with Crippen molar-refractivity contribution in [3.63, 3.8) is 0 Å². The standard InChI is InChI=1S/C27H26F2N2O2/c1-18-6-4-8-19(14-18)25-13-12-22(26(32)30-16-21-7-2-3-11-24(21)29)17-31(25)27(33)20-9-5-10-23(28)15-20/h2-11,14-15,22,25H,12-13,16-17H2,1H3,(H,30,32). The van der Waals surface area contributed by atoms with Crippen LogP contribution in [0.1, 0.15) is 45.9 Å². The van der Waals surface area contributed by atoms with E-state index in [1.165, 1.54) is 24.3 Å². The number of nitrogens with zero attached hydrogens (tertiary/aromatic N) is 1. The van der Waals surface area contributed by atoms with Crippen LogP contribution in [-0.2, 0) is 11.3 Å². The predicted octanol–water partition coefficient (Wildman–Crippen LogP) is 5.18. The van der Waals surface area contributed by atoms with Crippen LogP contribution >= 0.6 is 0 Å². The molecule has 170 valence electrons. The topological polar surface area (TPSA) is 49.4 Å². The quantitative estimate of drug-likeness (QED) is 0.585. The number of hydrogen-bond donors (Lipinski definition) is 1. The van der Waals surface area contributed by atoms with E-state index in [1.807, 2.05) is 31.2 Å². The first-order valence-corrected chi connectivity index (χ1v) is 11.1. The number of rotatable bonds is 5. The molecule has 2 atom stereocenters. The molecule has 2 amide bonds. The summed E-state index contributed by atoms with van der Waals surface area (Å²) in [6.07, 6.45) is 1.19. The van der Waals surface area contributed by atoms with Crippen molar-refractivity contribution in [3.8, 4) is 0 Å². The third kappa shape index (κ3) is 5.28. The Morgan fingerprint density at radius 3 is 2.52 bits per heavy atom. The van der Waals surface area contributed by atoms with Crippen LogP contribution in [0.5, 0.6) is 0 Å². The van der Waals surface area contributed by atoms with Gasteiger partial charge in [-0.15, -0.1) is 0 Å². The monoisotopic (exact) mass is 448 g/mol. The highest BCUT2D eigenvalue weighted by Gasteiger charge is 2.36. The minimum atomic E-state index is -0.482. The molecule has 1 aliphatic rings. The van der Waals surface area contributed by atoms with E-state index >= 15 is 0 Å². The molecule has 0 saturated carbocycles. The van der Waals surface area contributed by atoms with E-state index in [4.69, 9.17) is 0 Å². The number of carbonyl (C=O) groups excluding carboxylic acids is 2. The van der Waals surface area contributed by atoms with Crippen molar-refractivity contribution < 1.29 is 18.4 Å². The molecule has 4 rings (SSSR count). The van der Waals surface area contributed by atoms with Crippen LogP contribution in [0.25, 0.3) is 0 Å². The third-order valence-electron chi connectivity index (χ3n) is 6.12. The van der Waals surface area contributed by atoms with E-state index < -0.39 is 11.7 Å². The molecule has 4 nitrogen and oxygen atoms in total. The number of hydrogen-bond acceptors (Lipinski definition) is 2. The van der Waals surface area contributed by atoms with Crippen LogP contribution in [0, 0.1) is 24.5 Å². The number of halogens is 2. The molecular weight excluding hydrogens is 422 g/mol. The predicted molar refractivity (Wildman–Crippen MR) is 122 cm³/mol. The third-order valence-corrected chi connectivity index (χ3v) is 6.12. The number of aryl methyl sites for hydroxylation is 1. The van der Waals surface area contributed by atoms with Gasteiger partial charge in [-0.2, -0.15) is 0 Å². The van der Waals surface area contributed by atoms with Gasteiger partial charge in [0.1, 0.15) is 11.6 Å². The molecular formula is C27H26F2N2O2. The summed E-state index contributed by atoms with van der Waals surface area (Å²) in [5.41, 5.74) is 2.73. The molecule has 6 heteroatoms. The van der Waals surface area contributed by atoms with E-state index in [-0.39, 0.29) is 42.3 Å². The first kappa shape index (κ1) is 22.6. The summed E-state index contributed by atoms with van der Waals surface area (Å²) in [4.78, 5) is 28.0. The summed E-state index contributed by atoms with van der Waals surface area (Å²) in [6.45, 7) is 2.28. The lowest BCUT2D eigenvalue weighted by Crippen LogP contribution is -2.47. The molecule has 1 saturated heterocycles. The summed E-state index contributed by atoms with van der Waals surface area (Å²) in [5.74, 6) is -1.83. The molecule has 3 aromatic carbocycles. The van der Waals surface area contributed by atoms with Gasteiger partial charge >= 0.3 is 0 Å². The number of benzene rings is 3. The lowest BCUT2D eigenvalue weighted by molar-refractivity contribution is -0.127. The average Bonchev–Trinajstić information content (AvgIpc) is 2.82. The minimum absolute atomic E-state index is 0.0845. The second-order valence-electron chi connectivity index (χ2n) is 8.48. The van der Waals surface area contributed by atoms with Gasteiger partial charge in [-0.05, 0) is 49.6 Å². The fourth-order valence-electron chi connectivity index (χ4n) is 4.39. The molecule has 0 radical (unpaired) electrons. The summed E-state index contributed by atoms with van der Waals surface area (Å²) in [5, 5.41) is 2.80. The van der Waals surface area contributed by atoms with E-state index in [0.29, 0.717) is 18.4 Å². The van der Waals surface area contributed by atoms with Gasteiger partial charge in [-0.1, -0.05) is 54.1 Å². The Kier molecular flexibility index (Phi) is 6.82. The molecule has 1 aliphatic heterocycles. The molecule has 1 N–H and O–H groups in total. The SMILES string of the molecule is Cc1cccc(C2CCC(C(=O)NCc3ccccc3F)CN2C(=O)c2cccc(F)c2)c1. The largest absolute Gasteiger partial charge is 0.352 e. The van der Waals surface area contributed by atoms with Gasteiger partial charge in [-0.3, -0.25) is 9.59 Å². The molecule has 1 fully saturated rings. The van der Waals surface area contributed by atoms with Crippen LogP contribution in [0.3, 0.4) is 0 Å². The lowest BCUT2D eigenvalue weighted by Gasteiger charge is -2.39. The van der Waals surface area contributed by atoms with Crippen LogP contribution in [0.15, 0.2) is 72.8 Å². The highest BCUT2D eigenvalue weighted by Crippen LogP contribution is 2.35. The number of likely N-dealkylation sites (tertiary alicyclic amines) is 1. The summed E-state index contributed by atoms with van der Waals surface area (Å²) in [7, 11) is 0. The highest BCUT2D eigenvalue weighted by atomic mass is 19.1. The Morgan fingerprint density at radius 2 is 1.76 bits per heavy atom. The molecule has 0 aliphatic carbocycles. The Labute approximate surface area is 192 Å². The number of nitrogens with one attached hydrogen (secondary N) is 1. The molecule has 0 bridgehead atoms. The molecule has 3 aromatic rings. The number of carbonyl (C=O) groups is 2. The minimum Gasteiger partial charge on any atom is -0.352 e. The Morgan fingerprint density at radius 1 is 0.970 bits per heavy atom. The number of piperidine rings is 1. The van der Waals surface area contributed by atoms with E-state index in [2.05, 4.69) is 5.32 Å². The fourth-order valence-corrected chi connectivity index (χ4v) is 4.39. The summed E-state index contributed by atoms with van der Waals surface area (Å²) < 4.78 is 27.7. The Hall–Kier alpha value is -3.54. The molecule has 2 unspecified atom stereocenters. The first-order valence-electron chi connectivity index (χ1n) is 11.1. The fraction of sp³-hybridized carbons (Fsp3) is 0.259. The lowest BCUT2D eigenvalue weighted by atomic mass is 9.87. The van der Waals surface area contributed by atoms with Crippen LogP contribution in [-0.4, -0.2) is 23.3 Å². The van der Waals surface area contributed by atoms with Crippen molar-refractivity contribution in [1.29, 1.82) is 0 Å². The summed E-state index contributed by atoms with van der Waals surface area (Å²) >= 11 is 0. The smallest absolute Gasteiger partial charge is 0.254 e. The van der Waals surface area contributed by atoms with E-state index in [1.54, 1.807) is 29.2 Å². The van der Waals surface area contributed by atoms with E-state index in [0.717, 1.165) is 11.1 Å². The molecule has 33 heavy (non-hydrogen) atoms. The Bertz CT molecular complexity index is 1160. The van der Waals surface area contributed by atoms with Crippen molar-refractivity contribution in [2.75, 3.05) is 6.54 Å². The van der Waals surface area contributed by atoms with Gasteiger partial charge in [-0.25, -0.2) is 8.78 Å². The molecule has 0 aromatic heterocycles. The van der Waals surface area contributed by atoms with Crippen molar-refractivity contribution in [2.45, 2.75) is 32.4 Å². The van der Waals surface area contributed by atoms with Gasteiger partial charge in [0.25, 0.3) is 5.91 Å². The normalized spacial score (nSPS) is 18.1. The van der Waals surface area contributed by atoms with Gasteiger partial charge in [0.2, 0.25) is 5.91 Å². The molecule has 0 spiro atoms. The Balaban J connectivity index is 1.55. The first-order chi connectivity index (χ1) is 15.9. The van der Waals surface area contributed by atoms with Gasteiger partial charge < -0.3 is 10.2 Å². The van der Waals surface area contributed by atoms with Crippen molar-refractivity contribution >= 4 is 11.8 Å². The molecule has 1 heterocycles. The zero-order chi connectivity index (χ0) is 23.4. The van der Waals surface area contributed by atoms with Crippen LogP contribution < -0.4 is 5.32 Å². The zero-order valence-electron chi connectivity index (χ0n) is 18.4. The van der Waals surface area contributed by atoms with Crippen molar-refractivity contribution in [1.82, 2.24) is 10.2 Å². The van der Waals surface area contributed by atoms with Crippen LogP contribution in [0.2, 0.25) is 0 Å². The van der Waals surface area contributed by atoms with Gasteiger partial charge in [0.05, 0.1) is 12.0 Å². The van der Waals surface area contributed by atoms with Crippen molar-refractivity contribution in [2.24, 2.45) is 5.92 Å². The van der Waals surface area contributed by atoms with Gasteiger partial charge in [0, 0.05) is 24.2 Å². The second-order valence-corrected chi connectivity index (χ2v) is 8.48. The average molecular weight is 449 g/mol. The van der Waals surface area contributed by atoms with Gasteiger partial charge in [0.15, 0.2) is 0 Å². The maximum Gasteiger partial charge on any atom is 0.254 e. The highest BCUT2D eigenvalue weighted by molar-refractivity contribution is 5.95. The second kappa shape index (κ2) is 9.94. The maximum absolute atomic E-state index is 13.9. The zero-order valence-corrected chi connectivity index (χ0v) is 18.4.